The van der Waals surface area contributed by atoms with Gasteiger partial charge in [0.15, 0.2) is 0 Å². The van der Waals surface area contributed by atoms with Gasteiger partial charge in [-0.2, -0.15) is 5.26 Å². The normalized spacial score (nSPS) is 12.5. The summed E-state index contributed by atoms with van der Waals surface area (Å²) in [6.45, 7) is 8.73. The lowest BCUT2D eigenvalue weighted by molar-refractivity contribution is -0.112. The first-order valence-electron chi connectivity index (χ1n) is 9.10. The van der Waals surface area contributed by atoms with E-state index >= 15 is 0 Å². The molecular formula is C22H27N3O2. The molecule has 1 unspecified atom stereocenters. The van der Waals surface area contributed by atoms with Gasteiger partial charge < -0.3 is 14.6 Å². The van der Waals surface area contributed by atoms with Gasteiger partial charge in [0.25, 0.3) is 5.91 Å². The van der Waals surface area contributed by atoms with Crippen molar-refractivity contribution in [3.05, 3.63) is 58.4 Å². The number of carbonyl (C=O) groups is 1. The maximum atomic E-state index is 12.6. The third kappa shape index (κ3) is 4.87. The van der Waals surface area contributed by atoms with Crippen LogP contribution in [0.15, 0.2) is 35.9 Å². The summed E-state index contributed by atoms with van der Waals surface area (Å²) in [4.78, 5) is 12.6. The zero-order valence-electron chi connectivity index (χ0n) is 16.7. The first kappa shape index (κ1) is 20.5. The molecule has 27 heavy (non-hydrogen) atoms. The van der Waals surface area contributed by atoms with Crippen molar-refractivity contribution in [1.29, 1.82) is 5.26 Å². The van der Waals surface area contributed by atoms with Gasteiger partial charge in [-0.15, -0.1) is 0 Å². The highest BCUT2D eigenvalue weighted by Gasteiger charge is 2.16. The first-order valence-corrected chi connectivity index (χ1v) is 9.10. The Kier molecular flexibility index (Phi) is 6.98. The van der Waals surface area contributed by atoms with Crippen LogP contribution in [0.25, 0.3) is 6.08 Å². The number of amides is 1. The number of hydrogen-bond acceptors (Lipinski definition) is 3. The molecule has 0 aliphatic carbocycles. The summed E-state index contributed by atoms with van der Waals surface area (Å²) in [6.07, 6.45) is 2.54. The fraction of sp³-hybridized carbons (Fsp3) is 0.364. The maximum Gasteiger partial charge on any atom is 0.266 e. The van der Waals surface area contributed by atoms with Gasteiger partial charge in [0.2, 0.25) is 0 Å². The first-order chi connectivity index (χ1) is 12.9. The van der Waals surface area contributed by atoms with Crippen LogP contribution in [0.5, 0.6) is 0 Å². The Balaban J connectivity index is 2.29. The minimum Gasteiger partial charge on any atom is -0.383 e. The largest absolute Gasteiger partial charge is 0.383 e. The van der Waals surface area contributed by atoms with Crippen molar-refractivity contribution < 1.29 is 9.53 Å². The SMILES string of the molecule is CCc1cccc(NC(=O)/C(C#N)=C/c2cc(C)n(C(C)COC)c2C)c1. The Morgan fingerprint density at radius 1 is 1.37 bits per heavy atom. The van der Waals surface area contributed by atoms with Crippen molar-refractivity contribution in [2.45, 2.75) is 40.2 Å². The van der Waals surface area contributed by atoms with Crippen LogP contribution in [0.3, 0.4) is 0 Å². The Bertz CT molecular complexity index is 887. The number of rotatable bonds is 7. The van der Waals surface area contributed by atoms with E-state index in [1.54, 1.807) is 13.2 Å². The average molecular weight is 365 g/mol. The highest BCUT2D eigenvalue weighted by molar-refractivity contribution is 6.09. The Labute approximate surface area is 161 Å². The zero-order chi connectivity index (χ0) is 20.0. The van der Waals surface area contributed by atoms with Crippen LogP contribution in [0.1, 0.15) is 42.4 Å². The number of nitriles is 1. The van der Waals surface area contributed by atoms with Gasteiger partial charge >= 0.3 is 0 Å². The van der Waals surface area contributed by atoms with E-state index in [0.717, 1.165) is 28.9 Å². The van der Waals surface area contributed by atoms with Crippen molar-refractivity contribution in [3.63, 3.8) is 0 Å². The van der Waals surface area contributed by atoms with E-state index in [1.807, 2.05) is 50.2 Å². The number of aromatic nitrogens is 1. The molecule has 0 fully saturated rings. The molecular weight excluding hydrogens is 338 g/mol. The number of aryl methyl sites for hydroxylation is 2. The molecule has 1 atom stereocenters. The summed E-state index contributed by atoms with van der Waals surface area (Å²) >= 11 is 0. The summed E-state index contributed by atoms with van der Waals surface area (Å²) in [5, 5.41) is 12.3. The molecule has 5 nitrogen and oxygen atoms in total. The van der Waals surface area contributed by atoms with Gasteiger partial charge in [-0.3, -0.25) is 4.79 Å². The number of ether oxygens (including phenoxy) is 1. The van der Waals surface area contributed by atoms with E-state index in [1.165, 1.54) is 0 Å². The smallest absolute Gasteiger partial charge is 0.266 e. The quantitative estimate of drug-likeness (QED) is 0.583. The van der Waals surface area contributed by atoms with Crippen molar-refractivity contribution >= 4 is 17.7 Å². The number of methoxy groups -OCH3 is 1. The van der Waals surface area contributed by atoms with E-state index in [9.17, 15) is 10.1 Å². The fourth-order valence-corrected chi connectivity index (χ4v) is 3.31. The van der Waals surface area contributed by atoms with Crippen LogP contribution in [0, 0.1) is 25.2 Å². The number of anilines is 1. The molecule has 142 valence electrons. The van der Waals surface area contributed by atoms with Gasteiger partial charge in [-0.1, -0.05) is 19.1 Å². The molecule has 1 N–H and O–H groups in total. The molecule has 0 aliphatic heterocycles. The van der Waals surface area contributed by atoms with Gasteiger partial charge in [0.1, 0.15) is 11.6 Å². The lowest BCUT2D eigenvalue weighted by atomic mass is 10.1. The lowest BCUT2D eigenvalue weighted by Gasteiger charge is -2.17. The summed E-state index contributed by atoms with van der Waals surface area (Å²) < 4.78 is 7.41. The standard InChI is InChI=1S/C22H27N3O2/c1-6-18-8-7-9-21(11-18)24-22(26)20(13-23)12-19-10-15(2)25(17(19)4)16(3)14-27-5/h7-12,16H,6,14H2,1-5H3,(H,24,26)/b20-12+. The van der Waals surface area contributed by atoms with Crippen molar-refractivity contribution in [1.82, 2.24) is 4.57 Å². The molecule has 0 bridgehead atoms. The van der Waals surface area contributed by atoms with Crippen LogP contribution in [0.2, 0.25) is 0 Å². The van der Waals surface area contributed by atoms with Crippen molar-refractivity contribution in [3.8, 4) is 6.07 Å². The number of carbonyl (C=O) groups excluding carboxylic acids is 1. The van der Waals surface area contributed by atoms with Crippen LogP contribution in [-0.4, -0.2) is 24.2 Å². The highest BCUT2D eigenvalue weighted by atomic mass is 16.5. The molecule has 0 radical (unpaired) electrons. The second kappa shape index (κ2) is 9.20. The average Bonchev–Trinajstić information content (AvgIpc) is 2.93. The van der Waals surface area contributed by atoms with Crippen LogP contribution in [-0.2, 0) is 16.0 Å². The van der Waals surface area contributed by atoms with Crippen LogP contribution >= 0.6 is 0 Å². The minimum absolute atomic E-state index is 0.0801. The van der Waals surface area contributed by atoms with E-state index < -0.39 is 5.91 Å². The van der Waals surface area contributed by atoms with E-state index in [0.29, 0.717) is 12.3 Å². The zero-order valence-corrected chi connectivity index (χ0v) is 16.7. The number of nitrogens with zero attached hydrogens (tertiary/aromatic N) is 2. The molecule has 1 heterocycles. The highest BCUT2D eigenvalue weighted by Crippen LogP contribution is 2.23. The minimum atomic E-state index is -0.402. The molecule has 0 saturated heterocycles. The molecule has 0 aliphatic rings. The van der Waals surface area contributed by atoms with Crippen LogP contribution in [0.4, 0.5) is 5.69 Å². The summed E-state index contributed by atoms with van der Waals surface area (Å²) in [5.74, 6) is -0.402. The number of benzene rings is 1. The Morgan fingerprint density at radius 3 is 2.74 bits per heavy atom. The van der Waals surface area contributed by atoms with Gasteiger partial charge in [-0.25, -0.2) is 0 Å². The van der Waals surface area contributed by atoms with E-state index in [-0.39, 0.29) is 11.6 Å². The molecule has 1 amide bonds. The van der Waals surface area contributed by atoms with E-state index in [2.05, 4.69) is 23.7 Å². The Morgan fingerprint density at radius 2 is 2.11 bits per heavy atom. The summed E-state index contributed by atoms with van der Waals surface area (Å²) in [7, 11) is 1.68. The van der Waals surface area contributed by atoms with Crippen molar-refractivity contribution in [2.24, 2.45) is 0 Å². The molecule has 0 spiro atoms. The van der Waals surface area contributed by atoms with Crippen molar-refractivity contribution in [2.75, 3.05) is 19.0 Å². The second-order valence-corrected chi connectivity index (χ2v) is 6.68. The molecule has 0 saturated carbocycles. The third-order valence-electron chi connectivity index (χ3n) is 4.63. The number of hydrogen-bond donors (Lipinski definition) is 1. The second-order valence-electron chi connectivity index (χ2n) is 6.68. The molecule has 1 aromatic heterocycles. The summed E-state index contributed by atoms with van der Waals surface area (Å²) in [6, 6.07) is 11.8. The van der Waals surface area contributed by atoms with Gasteiger partial charge in [0, 0.05) is 24.2 Å². The maximum absolute atomic E-state index is 12.6. The molecule has 1 aromatic carbocycles. The molecule has 5 heteroatoms. The molecule has 2 aromatic rings. The molecule has 2 rings (SSSR count). The number of nitrogens with one attached hydrogen (secondary N) is 1. The van der Waals surface area contributed by atoms with Crippen LogP contribution < -0.4 is 5.32 Å². The lowest BCUT2D eigenvalue weighted by Crippen LogP contribution is -2.14. The van der Waals surface area contributed by atoms with E-state index in [4.69, 9.17) is 4.74 Å². The Hall–Kier alpha value is -2.84. The topological polar surface area (TPSA) is 67.0 Å². The fourth-order valence-electron chi connectivity index (χ4n) is 3.31. The predicted octanol–water partition coefficient (Wildman–Crippen LogP) is 4.42. The van der Waals surface area contributed by atoms with Gasteiger partial charge in [-0.05, 0) is 62.6 Å². The third-order valence-corrected chi connectivity index (χ3v) is 4.63. The van der Waals surface area contributed by atoms with Gasteiger partial charge in [0.05, 0.1) is 12.6 Å². The monoisotopic (exact) mass is 365 g/mol. The summed E-state index contributed by atoms with van der Waals surface area (Å²) in [5.41, 5.74) is 4.84. The predicted molar refractivity (Wildman–Crippen MR) is 109 cm³/mol.